The van der Waals surface area contributed by atoms with Gasteiger partial charge in [-0.2, -0.15) is 0 Å². The van der Waals surface area contributed by atoms with Gasteiger partial charge in [0, 0.05) is 39.3 Å². The normalized spacial score (nSPS) is 14.1. The molecule has 156 valence electrons. The number of rotatable bonds is 6. The summed E-state index contributed by atoms with van der Waals surface area (Å²) in [5.41, 5.74) is 2.14. The van der Waals surface area contributed by atoms with Crippen LogP contribution in [0.4, 0.5) is 5.82 Å². The van der Waals surface area contributed by atoms with E-state index in [0.717, 1.165) is 16.7 Å². The van der Waals surface area contributed by atoms with Crippen LogP contribution in [0.15, 0.2) is 53.5 Å². The van der Waals surface area contributed by atoms with Crippen LogP contribution in [-0.4, -0.2) is 58.7 Å². The van der Waals surface area contributed by atoms with E-state index >= 15 is 0 Å². The van der Waals surface area contributed by atoms with Gasteiger partial charge in [0.25, 0.3) is 5.56 Å². The highest BCUT2D eigenvalue weighted by molar-refractivity contribution is 5.78. The Balaban J connectivity index is 1.56. The second-order valence-corrected chi connectivity index (χ2v) is 7.30. The molecule has 0 unspecified atom stereocenters. The highest BCUT2D eigenvalue weighted by Gasteiger charge is 2.20. The van der Waals surface area contributed by atoms with Gasteiger partial charge in [-0.15, -0.1) is 0 Å². The van der Waals surface area contributed by atoms with Crippen LogP contribution in [0.25, 0.3) is 11.0 Å². The Morgan fingerprint density at radius 2 is 1.90 bits per heavy atom. The van der Waals surface area contributed by atoms with Gasteiger partial charge in [0.1, 0.15) is 0 Å². The maximum Gasteiger partial charge on any atom is 0.294 e. The summed E-state index contributed by atoms with van der Waals surface area (Å²) in [6.07, 6.45) is 1.93. The minimum atomic E-state index is -0.171. The summed E-state index contributed by atoms with van der Waals surface area (Å²) < 4.78 is 7.07. The van der Waals surface area contributed by atoms with Crippen molar-refractivity contribution in [2.24, 2.45) is 0 Å². The third-order valence-electron chi connectivity index (χ3n) is 5.25. The van der Waals surface area contributed by atoms with Gasteiger partial charge in [0.15, 0.2) is 5.82 Å². The molecular weight excluding hydrogens is 382 g/mol. The van der Waals surface area contributed by atoms with Gasteiger partial charge in [-0.3, -0.25) is 14.6 Å². The number of carbonyl (C=O) groups is 1. The van der Waals surface area contributed by atoms with E-state index in [9.17, 15) is 9.59 Å². The summed E-state index contributed by atoms with van der Waals surface area (Å²) in [5.74, 6) is 0.382. The maximum absolute atomic E-state index is 13.2. The molecule has 3 heterocycles. The summed E-state index contributed by atoms with van der Waals surface area (Å²) in [6.45, 7) is 3.14. The zero-order chi connectivity index (χ0) is 20.9. The Hall–Kier alpha value is -3.26. The molecular formula is C22H25N5O3. The highest BCUT2D eigenvalue weighted by Crippen LogP contribution is 2.16. The molecule has 0 atom stereocenters. The van der Waals surface area contributed by atoms with Crippen LogP contribution >= 0.6 is 0 Å². The Morgan fingerprint density at radius 1 is 1.13 bits per heavy atom. The number of pyridine rings is 1. The molecule has 0 saturated carbocycles. The topological polar surface area (TPSA) is 80.6 Å². The molecule has 3 aromatic rings. The Bertz CT molecular complexity index is 1080. The summed E-state index contributed by atoms with van der Waals surface area (Å²) in [6, 6.07) is 13.2. The molecule has 1 saturated heterocycles. The first-order chi connectivity index (χ1) is 14.6. The zero-order valence-electron chi connectivity index (χ0n) is 17.0. The van der Waals surface area contributed by atoms with Crippen LogP contribution in [0.3, 0.4) is 0 Å². The van der Waals surface area contributed by atoms with Gasteiger partial charge in [-0.25, -0.2) is 4.98 Å². The van der Waals surface area contributed by atoms with E-state index in [0.29, 0.717) is 45.2 Å². The summed E-state index contributed by atoms with van der Waals surface area (Å²) in [4.78, 5) is 38.4. The number of fused-ring (bicyclic) bond motifs is 1. The lowest BCUT2D eigenvalue weighted by Crippen LogP contribution is -2.41. The molecule has 0 bridgehead atoms. The van der Waals surface area contributed by atoms with Crippen molar-refractivity contribution >= 4 is 22.8 Å². The fraction of sp³-hybridized carbons (Fsp3) is 0.364. The van der Waals surface area contributed by atoms with Gasteiger partial charge >= 0.3 is 0 Å². The predicted molar refractivity (Wildman–Crippen MR) is 114 cm³/mol. The third kappa shape index (κ3) is 4.33. The van der Waals surface area contributed by atoms with E-state index in [1.54, 1.807) is 22.7 Å². The minimum absolute atomic E-state index is 0.0404. The van der Waals surface area contributed by atoms with Crippen LogP contribution in [0.1, 0.15) is 12.1 Å². The van der Waals surface area contributed by atoms with Crippen molar-refractivity contribution in [1.82, 2.24) is 19.4 Å². The number of hydrogen-bond donors (Lipinski definition) is 0. The number of benzene rings is 1. The van der Waals surface area contributed by atoms with Crippen LogP contribution in [-0.2, 0) is 22.6 Å². The standard InChI is InChI=1S/C22H25N5O3/c1-25(16-17-6-4-5-10-23-17)20(28)9-11-27-19-8-3-2-7-18(19)24-21(22(27)29)26-12-14-30-15-13-26/h2-8,10H,9,11-16H2,1H3. The molecule has 2 aromatic heterocycles. The van der Waals surface area contributed by atoms with Crippen molar-refractivity contribution in [1.29, 1.82) is 0 Å². The molecule has 8 heteroatoms. The van der Waals surface area contributed by atoms with Gasteiger partial charge in [0.05, 0.1) is 36.5 Å². The monoisotopic (exact) mass is 407 g/mol. The lowest BCUT2D eigenvalue weighted by molar-refractivity contribution is -0.130. The van der Waals surface area contributed by atoms with Crippen molar-refractivity contribution in [3.63, 3.8) is 0 Å². The van der Waals surface area contributed by atoms with Gasteiger partial charge in [-0.05, 0) is 24.3 Å². The summed E-state index contributed by atoms with van der Waals surface area (Å²) in [7, 11) is 1.75. The molecule has 1 aromatic carbocycles. The number of aromatic nitrogens is 3. The highest BCUT2D eigenvalue weighted by atomic mass is 16.5. The summed E-state index contributed by atoms with van der Waals surface area (Å²) >= 11 is 0. The van der Waals surface area contributed by atoms with E-state index < -0.39 is 0 Å². The third-order valence-corrected chi connectivity index (χ3v) is 5.25. The fourth-order valence-corrected chi connectivity index (χ4v) is 3.60. The zero-order valence-corrected chi connectivity index (χ0v) is 17.0. The number of hydrogen-bond acceptors (Lipinski definition) is 6. The lowest BCUT2D eigenvalue weighted by atomic mass is 10.2. The van der Waals surface area contributed by atoms with E-state index in [4.69, 9.17) is 4.74 Å². The van der Waals surface area contributed by atoms with Crippen LogP contribution in [0, 0.1) is 0 Å². The van der Waals surface area contributed by atoms with Gasteiger partial charge in [0.2, 0.25) is 5.91 Å². The largest absolute Gasteiger partial charge is 0.378 e. The average Bonchev–Trinajstić information content (AvgIpc) is 2.79. The molecule has 4 rings (SSSR count). The molecule has 0 spiro atoms. The molecule has 1 aliphatic heterocycles. The first-order valence-corrected chi connectivity index (χ1v) is 10.1. The number of anilines is 1. The van der Waals surface area contributed by atoms with Gasteiger partial charge < -0.3 is 19.1 Å². The number of amides is 1. The van der Waals surface area contributed by atoms with Crippen molar-refractivity contribution in [2.45, 2.75) is 19.5 Å². The second kappa shape index (κ2) is 9.04. The second-order valence-electron chi connectivity index (χ2n) is 7.30. The Kier molecular flexibility index (Phi) is 6.04. The van der Waals surface area contributed by atoms with Crippen LogP contribution < -0.4 is 10.5 Å². The molecule has 0 aliphatic carbocycles. The predicted octanol–water partition coefficient (Wildman–Crippen LogP) is 1.68. The smallest absolute Gasteiger partial charge is 0.294 e. The number of carbonyl (C=O) groups excluding carboxylic acids is 1. The van der Waals surface area contributed by atoms with E-state index in [1.165, 1.54) is 0 Å². The van der Waals surface area contributed by atoms with Crippen molar-refractivity contribution < 1.29 is 9.53 Å². The van der Waals surface area contributed by atoms with E-state index in [-0.39, 0.29) is 17.9 Å². The molecule has 1 aliphatic rings. The average molecular weight is 407 g/mol. The Labute approximate surface area is 174 Å². The SMILES string of the molecule is CN(Cc1ccccn1)C(=O)CCn1c(=O)c(N2CCOCC2)nc2ccccc21. The Morgan fingerprint density at radius 3 is 2.67 bits per heavy atom. The minimum Gasteiger partial charge on any atom is -0.378 e. The molecule has 1 amide bonds. The van der Waals surface area contributed by atoms with Gasteiger partial charge in [-0.1, -0.05) is 18.2 Å². The molecule has 8 nitrogen and oxygen atoms in total. The first-order valence-electron chi connectivity index (χ1n) is 10.1. The quantitative estimate of drug-likeness (QED) is 0.619. The molecule has 0 radical (unpaired) electrons. The first kappa shape index (κ1) is 20.0. The van der Waals surface area contributed by atoms with Crippen LogP contribution in [0.5, 0.6) is 0 Å². The number of aryl methyl sites for hydroxylation is 1. The lowest BCUT2D eigenvalue weighted by Gasteiger charge is -2.28. The van der Waals surface area contributed by atoms with Crippen molar-refractivity contribution in [2.75, 3.05) is 38.3 Å². The van der Waals surface area contributed by atoms with Crippen molar-refractivity contribution in [3.8, 4) is 0 Å². The number of ether oxygens (including phenoxy) is 1. The number of morpholine rings is 1. The van der Waals surface area contributed by atoms with Crippen molar-refractivity contribution in [3.05, 3.63) is 64.7 Å². The fourth-order valence-electron chi connectivity index (χ4n) is 3.60. The maximum atomic E-state index is 13.2. The van der Waals surface area contributed by atoms with Crippen LogP contribution in [0.2, 0.25) is 0 Å². The van der Waals surface area contributed by atoms with E-state index in [2.05, 4.69) is 9.97 Å². The molecule has 0 N–H and O–H groups in total. The number of para-hydroxylation sites is 2. The number of nitrogens with zero attached hydrogens (tertiary/aromatic N) is 5. The summed E-state index contributed by atoms with van der Waals surface area (Å²) in [5, 5.41) is 0. The molecule has 30 heavy (non-hydrogen) atoms. The van der Waals surface area contributed by atoms with E-state index in [1.807, 2.05) is 47.4 Å². The molecule has 1 fully saturated rings.